The van der Waals surface area contributed by atoms with E-state index in [-0.39, 0.29) is 23.9 Å². The van der Waals surface area contributed by atoms with Gasteiger partial charge in [-0.1, -0.05) is 6.92 Å². The fraction of sp³-hybridized carbons (Fsp3) is 0.778. The standard InChI is InChI=1S/C9H14N2O2/c1-6-4-5-10-9(13)11(8(6)12)7-2-3-7/h6-7H,2-5H2,1H3,(H,10,13). The second kappa shape index (κ2) is 3.01. The molecule has 4 nitrogen and oxygen atoms in total. The molecule has 1 aliphatic carbocycles. The molecule has 1 saturated heterocycles. The molecular weight excluding hydrogens is 168 g/mol. The van der Waals surface area contributed by atoms with E-state index < -0.39 is 0 Å². The Morgan fingerprint density at radius 3 is 2.62 bits per heavy atom. The number of nitrogens with zero attached hydrogens (tertiary/aromatic N) is 1. The molecule has 1 N–H and O–H groups in total. The van der Waals surface area contributed by atoms with Gasteiger partial charge < -0.3 is 5.32 Å². The Morgan fingerprint density at radius 1 is 1.31 bits per heavy atom. The summed E-state index contributed by atoms with van der Waals surface area (Å²) in [4.78, 5) is 24.6. The van der Waals surface area contributed by atoms with E-state index >= 15 is 0 Å². The maximum Gasteiger partial charge on any atom is 0.324 e. The lowest BCUT2D eigenvalue weighted by atomic mass is 10.1. The van der Waals surface area contributed by atoms with Crippen molar-refractivity contribution in [1.29, 1.82) is 0 Å². The van der Waals surface area contributed by atoms with Crippen LogP contribution in [0, 0.1) is 5.92 Å². The van der Waals surface area contributed by atoms with Crippen LogP contribution in [0.5, 0.6) is 0 Å². The van der Waals surface area contributed by atoms with Crippen molar-refractivity contribution in [3.63, 3.8) is 0 Å². The molecule has 1 unspecified atom stereocenters. The van der Waals surface area contributed by atoms with Crippen LogP contribution < -0.4 is 5.32 Å². The summed E-state index contributed by atoms with van der Waals surface area (Å²) >= 11 is 0. The van der Waals surface area contributed by atoms with Crippen molar-refractivity contribution in [2.75, 3.05) is 6.54 Å². The molecule has 1 atom stereocenters. The number of urea groups is 1. The quantitative estimate of drug-likeness (QED) is 0.649. The Bertz CT molecular complexity index is 248. The number of amides is 3. The van der Waals surface area contributed by atoms with E-state index in [1.165, 1.54) is 4.90 Å². The van der Waals surface area contributed by atoms with Gasteiger partial charge in [0.25, 0.3) is 0 Å². The van der Waals surface area contributed by atoms with Crippen molar-refractivity contribution in [2.45, 2.75) is 32.2 Å². The van der Waals surface area contributed by atoms with E-state index in [1.54, 1.807) is 0 Å². The molecule has 2 rings (SSSR count). The van der Waals surface area contributed by atoms with Gasteiger partial charge >= 0.3 is 6.03 Å². The van der Waals surface area contributed by atoms with Crippen LogP contribution in [-0.2, 0) is 4.79 Å². The third kappa shape index (κ3) is 1.53. The predicted octanol–water partition coefficient (Wildman–Crippen LogP) is 0.727. The minimum absolute atomic E-state index is 0.00231. The lowest BCUT2D eigenvalue weighted by molar-refractivity contribution is -0.131. The number of carbonyl (C=O) groups is 2. The first-order valence-electron chi connectivity index (χ1n) is 4.81. The van der Waals surface area contributed by atoms with Gasteiger partial charge in [-0.15, -0.1) is 0 Å². The molecule has 1 aliphatic heterocycles. The highest BCUT2D eigenvalue weighted by molar-refractivity contribution is 5.96. The van der Waals surface area contributed by atoms with E-state index in [9.17, 15) is 9.59 Å². The highest BCUT2D eigenvalue weighted by Crippen LogP contribution is 2.29. The molecule has 0 bridgehead atoms. The molecule has 0 aromatic rings. The number of hydrogen-bond acceptors (Lipinski definition) is 2. The maximum atomic E-state index is 11.7. The summed E-state index contributed by atoms with van der Waals surface area (Å²) in [6.07, 6.45) is 2.71. The lowest BCUT2D eigenvalue weighted by Crippen LogP contribution is -2.44. The Balaban J connectivity index is 2.16. The molecule has 2 aliphatic rings. The Kier molecular flexibility index (Phi) is 1.98. The maximum absolute atomic E-state index is 11.7. The van der Waals surface area contributed by atoms with Crippen molar-refractivity contribution in [1.82, 2.24) is 10.2 Å². The van der Waals surface area contributed by atoms with Crippen LogP contribution >= 0.6 is 0 Å². The van der Waals surface area contributed by atoms with Crippen LogP contribution in [0.25, 0.3) is 0 Å². The molecule has 0 radical (unpaired) electrons. The summed E-state index contributed by atoms with van der Waals surface area (Å²) in [5, 5.41) is 2.74. The van der Waals surface area contributed by atoms with Crippen LogP contribution in [-0.4, -0.2) is 29.4 Å². The first kappa shape index (κ1) is 8.53. The van der Waals surface area contributed by atoms with Crippen LogP contribution in [0.15, 0.2) is 0 Å². The fourth-order valence-corrected chi connectivity index (χ4v) is 1.62. The van der Waals surface area contributed by atoms with E-state index in [2.05, 4.69) is 5.32 Å². The Morgan fingerprint density at radius 2 is 2.00 bits per heavy atom. The van der Waals surface area contributed by atoms with Gasteiger partial charge in [0, 0.05) is 18.5 Å². The number of hydrogen-bond donors (Lipinski definition) is 1. The summed E-state index contributed by atoms with van der Waals surface area (Å²) in [5.41, 5.74) is 0. The van der Waals surface area contributed by atoms with Crippen molar-refractivity contribution < 1.29 is 9.59 Å². The Hall–Kier alpha value is -1.06. The van der Waals surface area contributed by atoms with Gasteiger partial charge in [-0.2, -0.15) is 0 Å². The number of imide groups is 1. The van der Waals surface area contributed by atoms with Crippen LogP contribution in [0.1, 0.15) is 26.2 Å². The minimum Gasteiger partial charge on any atom is -0.338 e. The highest BCUT2D eigenvalue weighted by atomic mass is 16.2. The van der Waals surface area contributed by atoms with Gasteiger partial charge in [0.1, 0.15) is 0 Å². The topological polar surface area (TPSA) is 49.4 Å². The Labute approximate surface area is 77.3 Å². The molecular formula is C9H14N2O2. The van der Waals surface area contributed by atoms with E-state index in [0.717, 1.165) is 19.3 Å². The van der Waals surface area contributed by atoms with Crippen molar-refractivity contribution in [3.8, 4) is 0 Å². The second-order valence-corrected chi connectivity index (χ2v) is 3.86. The highest BCUT2D eigenvalue weighted by Gasteiger charge is 2.39. The van der Waals surface area contributed by atoms with Gasteiger partial charge in [0.05, 0.1) is 0 Å². The summed E-state index contributed by atoms with van der Waals surface area (Å²) in [7, 11) is 0. The monoisotopic (exact) mass is 182 g/mol. The zero-order valence-corrected chi connectivity index (χ0v) is 7.75. The van der Waals surface area contributed by atoms with Crippen molar-refractivity contribution in [3.05, 3.63) is 0 Å². The van der Waals surface area contributed by atoms with Gasteiger partial charge in [-0.05, 0) is 19.3 Å². The molecule has 3 amide bonds. The summed E-state index contributed by atoms with van der Waals surface area (Å²) in [6.45, 7) is 2.51. The average molecular weight is 182 g/mol. The largest absolute Gasteiger partial charge is 0.338 e. The second-order valence-electron chi connectivity index (χ2n) is 3.86. The molecule has 1 heterocycles. The van der Waals surface area contributed by atoms with Gasteiger partial charge in [-0.25, -0.2) is 4.79 Å². The number of rotatable bonds is 1. The number of carbonyl (C=O) groups excluding carboxylic acids is 2. The van der Waals surface area contributed by atoms with Gasteiger partial charge in [0.15, 0.2) is 0 Å². The van der Waals surface area contributed by atoms with E-state index in [1.807, 2.05) is 6.92 Å². The summed E-state index contributed by atoms with van der Waals surface area (Å²) in [6, 6.07) is -0.00935. The number of nitrogens with one attached hydrogen (secondary N) is 1. The molecule has 0 aromatic heterocycles. The smallest absolute Gasteiger partial charge is 0.324 e. The summed E-state index contributed by atoms with van der Waals surface area (Å²) < 4.78 is 0. The molecule has 13 heavy (non-hydrogen) atoms. The molecule has 0 aromatic carbocycles. The molecule has 1 saturated carbocycles. The molecule has 0 spiro atoms. The average Bonchev–Trinajstić information content (AvgIpc) is 2.87. The fourth-order valence-electron chi connectivity index (χ4n) is 1.62. The lowest BCUT2D eigenvalue weighted by Gasteiger charge is -2.19. The van der Waals surface area contributed by atoms with Crippen LogP contribution in [0.4, 0.5) is 4.79 Å². The predicted molar refractivity (Wildman–Crippen MR) is 47.0 cm³/mol. The van der Waals surface area contributed by atoms with Crippen molar-refractivity contribution in [2.24, 2.45) is 5.92 Å². The van der Waals surface area contributed by atoms with Gasteiger partial charge in [0.2, 0.25) is 5.91 Å². The van der Waals surface area contributed by atoms with Crippen LogP contribution in [0.3, 0.4) is 0 Å². The normalized spacial score (nSPS) is 29.9. The zero-order chi connectivity index (χ0) is 9.42. The van der Waals surface area contributed by atoms with E-state index in [4.69, 9.17) is 0 Å². The molecule has 4 heteroatoms. The van der Waals surface area contributed by atoms with Gasteiger partial charge in [-0.3, -0.25) is 9.69 Å². The zero-order valence-electron chi connectivity index (χ0n) is 7.75. The first-order chi connectivity index (χ1) is 6.20. The molecule has 72 valence electrons. The van der Waals surface area contributed by atoms with Crippen LogP contribution in [0.2, 0.25) is 0 Å². The third-order valence-electron chi connectivity index (χ3n) is 2.64. The minimum atomic E-state index is -0.197. The van der Waals surface area contributed by atoms with Crippen molar-refractivity contribution >= 4 is 11.9 Å². The summed E-state index contributed by atoms with van der Waals surface area (Å²) in [5.74, 6) is -0.0166. The molecule has 2 fully saturated rings. The third-order valence-corrected chi connectivity index (χ3v) is 2.64. The first-order valence-corrected chi connectivity index (χ1v) is 4.81. The SMILES string of the molecule is CC1CCNC(=O)N(C2CC2)C1=O. The van der Waals surface area contributed by atoms with E-state index in [0.29, 0.717) is 6.54 Å².